The third kappa shape index (κ3) is 5.31. The van der Waals surface area contributed by atoms with Crippen LogP contribution in [0.3, 0.4) is 0 Å². The van der Waals surface area contributed by atoms with Crippen LogP contribution in [-0.2, 0) is 16.4 Å². The summed E-state index contributed by atoms with van der Waals surface area (Å²) in [5.74, 6) is 0.458. The lowest BCUT2D eigenvalue weighted by atomic mass is 10.1. The molecule has 1 aliphatic rings. The van der Waals surface area contributed by atoms with E-state index in [2.05, 4.69) is 15.4 Å². The highest BCUT2D eigenvalue weighted by Gasteiger charge is 2.25. The van der Waals surface area contributed by atoms with Gasteiger partial charge in [-0.2, -0.15) is 9.40 Å². The van der Waals surface area contributed by atoms with Gasteiger partial charge in [0, 0.05) is 25.8 Å². The van der Waals surface area contributed by atoms with Gasteiger partial charge in [-0.15, -0.1) is 0 Å². The zero-order valence-corrected chi connectivity index (χ0v) is 19.6. The molecular weight excluding hydrogens is 438 g/mol. The molecule has 1 aliphatic heterocycles. The minimum atomic E-state index is -3.45. The van der Waals surface area contributed by atoms with Crippen LogP contribution in [0.5, 0.6) is 0 Å². The maximum Gasteiger partial charge on any atom is 0.254 e. The van der Waals surface area contributed by atoms with Gasteiger partial charge in [-0.3, -0.25) is 4.79 Å². The van der Waals surface area contributed by atoms with Crippen LogP contribution < -0.4 is 5.32 Å². The molecular formula is C24H29N5O3S. The van der Waals surface area contributed by atoms with Crippen LogP contribution in [0.2, 0.25) is 0 Å². The number of benzene rings is 1. The number of hydrogen-bond acceptors (Lipinski definition) is 5. The SMILES string of the molecule is Cc1c(C(=O)NCCc2ccc(S(=O)(=O)N3CCCCCC3)cc2)cnn1-c1ccccn1. The van der Waals surface area contributed by atoms with Gasteiger partial charge < -0.3 is 5.32 Å². The number of sulfonamides is 1. The number of aromatic nitrogens is 3. The summed E-state index contributed by atoms with van der Waals surface area (Å²) in [5, 5.41) is 7.20. The molecule has 0 unspecified atom stereocenters. The van der Waals surface area contributed by atoms with Crippen LogP contribution in [0.25, 0.3) is 5.82 Å². The minimum absolute atomic E-state index is 0.199. The standard InChI is InChI=1S/C24H29N5O3S/c1-19-22(18-27-29(19)23-8-4-5-14-25-23)24(30)26-15-13-20-9-11-21(12-10-20)33(31,32)28-16-6-2-3-7-17-28/h4-5,8-12,14,18H,2-3,6-7,13,15-17H2,1H3,(H,26,30). The number of nitrogens with one attached hydrogen (secondary N) is 1. The molecule has 9 heteroatoms. The summed E-state index contributed by atoms with van der Waals surface area (Å²) in [7, 11) is -3.45. The fourth-order valence-corrected chi connectivity index (χ4v) is 5.53. The van der Waals surface area contributed by atoms with E-state index < -0.39 is 10.0 Å². The number of rotatable bonds is 7. The van der Waals surface area contributed by atoms with E-state index in [0.717, 1.165) is 31.2 Å². The van der Waals surface area contributed by atoms with E-state index in [0.29, 0.717) is 48.0 Å². The zero-order valence-electron chi connectivity index (χ0n) is 18.8. The van der Waals surface area contributed by atoms with Crippen molar-refractivity contribution < 1.29 is 13.2 Å². The number of nitrogens with zero attached hydrogens (tertiary/aromatic N) is 4. The van der Waals surface area contributed by atoms with Crippen molar-refractivity contribution in [2.75, 3.05) is 19.6 Å². The highest BCUT2D eigenvalue weighted by molar-refractivity contribution is 7.89. The van der Waals surface area contributed by atoms with Crippen molar-refractivity contribution in [2.45, 2.75) is 43.9 Å². The molecule has 0 spiro atoms. The molecule has 33 heavy (non-hydrogen) atoms. The molecule has 0 aliphatic carbocycles. The molecule has 3 aromatic rings. The van der Waals surface area contributed by atoms with E-state index in [1.54, 1.807) is 33.5 Å². The number of hydrogen-bond donors (Lipinski definition) is 1. The molecule has 1 saturated heterocycles. The Morgan fingerprint density at radius 3 is 2.42 bits per heavy atom. The summed E-state index contributed by atoms with van der Waals surface area (Å²) in [4.78, 5) is 17.2. The van der Waals surface area contributed by atoms with Crippen LogP contribution in [-0.4, -0.2) is 53.0 Å². The molecule has 3 heterocycles. The van der Waals surface area contributed by atoms with Crippen molar-refractivity contribution in [3.05, 3.63) is 71.7 Å². The lowest BCUT2D eigenvalue weighted by Crippen LogP contribution is -2.31. The van der Waals surface area contributed by atoms with E-state index in [1.165, 1.54) is 0 Å². The van der Waals surface area contributed by atoms with E-state index >= 15 is 0 Å². The molecule has 1 N–H and O–H groups in total. The first-order chi connectivity index (χ1) is 16.0. The summed E-state index contributed by atoms with van der Waals surface area (Å²) in [6.07, 6.45) is 7.82. The Hall–Kier alpha value is -3.04. The van der Waals surface area contributed by atoms with Crippen LogP contribution in [0.4, 0.5) is 0 Å². The van der Waals surface area contributed by atoms with Crippen LogP contribution in [0.15, 0.2) is 59.8 Å². The Labute approximate surface area is 194 Å². The quantitative estimate of drug-likeness (QED) is 0.576. The number of pyridine rings is 1. The normalized spacial score (nSPS) is 15.2. The van der Waals surface area contributed by atoms with Gasteiger partial charge in [0.15, 0.2) is 5.82 Å². The van der Waals surface area contributed by atoms with Gasteiger partial charge in [0.2, 0.25) is 10.0 Å². The summed E-state index contributed by atoms with van der Waals surface area (Å²) in [5.41, 5.74) is 2.18. The van der Waals surface area contributed by atoms with Gasteiger partial charge in [0.1, 0.15) is 0 Å². The second-order valence-electron chi connectivity index (χ2n) is 8.21. The molecule has 1 amide bonds. The van der Waals surface area contributed by atoms with Gasteiger partial charge in [0.05, 0.1) is 22.3 Å². The molecule has 8 nitrogen and oxygen atoms in total. The summed E-state index contributed by atoms with van der Waals surface area (Å²) in [6.45, 7) is 3.45. The van der Waals surface area contributed by atoms with Gasteiger partial charge in [-0.1, -0.05) is 31.0 Å². The molecule has 0 saturated carbocycles. The van der Waals surface area contributed by atoms with Crippen molar-refractivity contribution in [3.63, 3.8) is 0 Å². The number of carbonyl (C=O) groups is 1. The molecule has 0 bridgehead atoms. The first kappa shape index (κ1) is 23.1. The Morgan fingerprint density at radius 2 is 1.76 bits per heavy atom. The number of carbonyl (C=O) groups excluding carboxylic acids is 1. The molecule has 174 valence electrons. The summed E-state index contributed by atoms with van der Waals surface area (Å²) in [6, 6.07) is 12.5. The van der Waals surface area contributed by atoms with Crippen LogP contribution >= 0.6 is 0 Å². The highest BCUT2D eigenvalue weighted by atomic mass is 32.2. The lowest BCUT2D eigenvalue weighted by molar-refractivity contribution is 0.0953. The van der Waals surface area contributed by atoms with Crippen LogP contribution in [0, 0.1) is 6.92 Å². The van der Waals surface area contributed by atoms with E-state index in [4.69, 9.17) is 0 Å². The topological polar surface area (TPSA) is 97.2 Å². The predicted molar refractivity (Wildman–Crippen MR) is 126 cm³/mol. The molecule has 1 fully saturated rings. The Morgan fingerprint density at radius 1 is 1.03 bits per heavy atom. The average molecular weight is 468 g/mol. The maximum absolute atomic E-state index is 12.9. The first-order valence-electron chi connectivity index (χ1n) is 11.3. The zero-order chi connectivity index (χ0) is 23.3. The largest absolute Gasteiger partial charge is 0.352 e. The fourth-order valence-electron chi connectivity index (χ4n) is 4.02. The first-order valence-corrected chi connectivity index (χ1v) is 12.7. The van der Waals surface area contributed by atoms with E-state index in [1.807, 2.05) is 37.3 Å². The van der Waals surface area contributed by atoms with Gasteiger partial charge in [-0.05, 0) is 56.0 Å². The minimum Gasteiger partial charge on any atom is -0.352 e. The van der Waals surface area contributed by atoms with Gasteiger partial charge in [-0.25, -0.2) is 18.1 Å². The third-order valence-corrected chi connectivity index (χ3v) is 7.86. The molecule has 0 radical (unpaired) electrons. The molecule has 2 aromatic heterocycles. The van der Waals surface area contributed by atoms with Crippen molar-refractivity contribution in [1.29, 1.82) is 0 Å². The van der Waals surface area contributed by atoms with E-state index in [-0.39, 0.29) is 5.91 Å². The second kappa shape index (κ2) is 10.3. The summed E-state index contributed by atoms with van der Waals surface area (Å²) >= 11 is 0. The smallest absolute Gasteiger partial charge is 0.254 e. The van der Waals surface area contributed by atoms with Gasteiger partial charge >= 0.3 is 0 Å². The highest BCUT2D eigenvalue weighted by Crippen LogP contribution is 2.21. The third-order valence-electron chi connectivity index (χ3n) is 5.95. The van der Waals surface area contributed by atoms with Crippen molar-refractivity contribution >= 4 is 15.9 Å². The maximum atomic E-state index is 12.9. The Kier molecular flexibility index (Phi) is 7.20. The lowest BCUT2D eigenvalue weighted by Gasteiger charge is -2.20. The second-order valence-corrected chi connectivity index (χ2v) is 10.1. The number of amides is 1. The predicted octanol–water partition coefficient (Wildman–Crippen LogP) is 3.11. The fraction of sp³-hybridized carbons (Fsp3) is 0.375. The average Bonchev–Trinajstić information content (AvgIpc) is 3.02. The monoisotopic (exact) mass is 467 g/mol. The van der Waals surface area contributed by atoms with Gasteiger partial charge in [0.25, 0.3) is 5.91 Å². The molecule has 4 rings (SSSR count). The summed E-state index contributed by atoms with van der Waals surface area (Å²) < 4.78 is 29.0. The van der Waals surface area contributed by atoms with E-state index in [9.17, 15) is 13.2 Å². The van der Waals surface area contributed by atoms with Crippen molar-refractivity contribution in [1.82, 2.24) is 24.4 Å². The molecule has 0 atom stereocenters. The van der Waals surface area contributed by atoms with Crippen molar-refractivity contribution in [3.8, 4) is 5.82 Å². The van der Waals surface area contributed by atoms with Crippen LogP contribution in [0.1, 0.15) is 47.3 Å². The van der Waals surface area contributed by atoms with Crippen molar-refractivity contribution in [2.24, 2.45) is 0 Å². The molecule has 1 aromatic carbocycles. The Bertz CT molecular complexity index is 1180. The Balaban J connectivity index is 1.34.